The van der Waals surface area contributed by atoms with E-state index in [0.717, 1.165) is 43.0 Å². The number of nitrogens with one attached hydrogen (secondary N) is 1. The SMILES string of the molecule is O=C(Nc1cccc(-c2nnc3n2CCCCC3)c1)c1ccc([N+](=O)[O-])cc1. The number of anilines is 1. The van der Waals surface area contributed by atoms with Crippen LogP contribution in [-0.4, -0.2) is 25.6 Å². The van der Waals surface area contributed by atoms with Crippen LogP contribution in [0, 0.1) is 10.1 Å². The summed E-state index contributed by atoms with van der Waals surface area (Å²) in [4.78, 5) is 22.7. The third kappa shape index (κ3) is 3.62. The van der Waals surface area contributed by atoms with E-state index in [1.165, 1.54) is 30.7 Å². The van der Waals surface area contributed by atoms with Crippen molar-refractivity contribution in [2.24, 2.45) is 0 Å². The Kier molecular flexibility index (Phi) is 4.84. The van der Waals surface area contributed by atoms with Crippen LogP contribution in [0.25, 0.3) is 11.4 Å². The number of hydrogen-bond acceptors (Lipinski definition) is 5. The zero-order valence-corrected chi connectivity index (χ0v) is 15.2. The van der Waals surface area contributed by atoms with Crippen molar-refractivity contribution in [1.29, 1.82) is 0 Å². The van der Waals surface area contributed by atoms with Gasteiger partial charge in [0.25, 0.3) is 11.6 Å². The highest BCUT2D eigenvalue weighted by molar-refractivity contribution is 6.04. The predicted octanol–water partition coefficient (Wildman–Crippen LogP) is 3.83. The largest absolute Gasteiger partial charge is 0.322 e. The van der Waals surface area contributed by atoms with Crippen molar-refractivity contribution in [2.45, 2.75) is 32.2 Å². The molecule has 2 heterocycles. The molecular weight excluding hydrogens is 358 g/mol. The van der Waals surface area contributed by atoms with Gasteiger partial charge < -0.3 is 9.88 Å². The zero-order valence-electron chi connectivity index (χ0n) is 15.2. The standard InChI is InChI=1S/C20H19N5O3/c26-20(14-8-10-17(11-9-14)25(27)28)21-16-6-4-5-15(13-16)19-23-22-18-7-2-1-3-12-24(18)19/h4-6,8-11,13H,1-3,7,12H2,(H,21,26). The van der Waals surface area contributed by atoms with E-state index in [4.69, 9.17) is 0 Å². The molecule has 1 amide bonds. The Morgan fingerprint density at radius 1 is 1.07 bits per heavy atom. The van der Waals surface area contributed by atoms with E-state index in [1.54, 1.807) is 6.07 Å². The van der Waals surface area contributed by atoms with E-state index in [9.17, 15) is 14.9 Å². The first-order chi connectivity index (χ1) is 13.6. The van der Waals surface area contributed by atoms with Gasteiger partial charge in [-0.05, 0) is 37.1 Å². The molecule has 0 radical (unpaired) electrons. The number of aromatic nitrogens is 3. The maximum absolute atomic E-state index is 12.5. The van der Waals surface area contributed by atoms with E-state index in [2.05, 4.69) is 20.1 Å². The summed E-state index contributed by atoms with van der Waals surface area (Å²) in [7, 11) is 0. The number of carbonyl (C=O) groups is 1. The van der Waals surface area contributed by atoms with Gasteiger partial charge in [0.05, 0.1) is 4.92 Å². The molecule has 142 valence electrons. The summed E-state index contributed by atoms with van der Waals surface area (Å²) in [5.74, 6) is 1.49. The Hall–Kier alpha value is -3.55. The summed E-state index contributed by atoms with van der Waals surface area (Å²) in [5, 5.41) is 22.2. The molecule has 0 unspecified atom stereocenters. The third-order valence-corrected chi connectivity index (χ3v) is 4.83. The first-order valence-corrected chi connectivity index (χ1v) is 9.20. The average molecular weight is 377 g/mol. The molecule has 1 aliphatic rings. The number of hydrogen-bond donors (Lipinski definition) is 1. The minimum absolute atomic E-state index is 0.0500. The van der Waals surface area contributed by atoms with Gasteiger partial charge in [-0.25, -0.2) is 0 Å². The number of nitro groups is 1. The number of benzene rings is 2. The Morgan fingerprint density at radius 2 is 1.89 bits per heavy atom. The number of nitro benzene ring substituents is 1. The number of aryl methyl sites for hydroxylation is 1. The van der Waals surface area contributed by atoms with Gasteiger partial charge in [0.2, 0.25) is 0 Å². The number of carbonyl (C=O) groups excluding carboxylic acids is 1. The van der Waals surface area contributed by atoms with Crippen LogP contribution in [0.5, 0.6) is 0 Å². The molecule has 0 spiro atoms. The van der Waals surface area contributed by atoms with Crippen molar-refractivity contribution >= 4 is 17.3 Å². The zero-order chi connectivity index (χ0) is 19.5. The van der Waals surface area contributed by atoms with E-state index in [-0.39, 0.29) is 11.6 Å². The van der Waals surface area contributed by atoms with Crippen molar-refractivity contribution in [3.8, 4) is 11.4 Å². The second-order valence-electron chi connectivity index (χ2n) is 6.74. The smallest absolute Gasteiger partial charge is 0.269 e. The van der Waals surface area contributed by atoms with Gasteiger partial charge in [0.15, 0.2) is 5.82 Å². The molecule has 0 aliphatic carbocycles. The Morgan fingerprint density at radius 3 is 2.68 bits per heavy atom. The predicted molar refractivity (Wildman–Crippen MR) is 104 cm³/mol. The molecule has 0 saturated heterocycles. The van der Waals surface area contributed by atoms with Crippen molar-refractivity contribution < 1.29 is 9.72 Å². The van der Waals surface area contributed by atoms with Gasteiger partial charge in [-0.2, -0.15) is 0 Å². The van der Waals surface area contributed by atoms with E-state index in [0.29, 0.717) is 11.3 Å². The lowest BCUT2D eigenvalue weighted by Gasteiger charge is -2.09. The Bertz CT molecular complexity index is 1030. The number of fused-ring (bicyclic) bond motifs is 1. The minimum Gasteiger partial charge on any atom is -0.322 e. The molecule has 1 aromatic heterocycles. The number of non-ortho nitro benzene ring substituents is 1. The molecule has 0 saturated carbocycles. The van der Waals surface area contributed by atoms with Crippen molar-refractivity contribution in [3.63, 3.8) is 0 Å². The molecule has 3 aromatic rings. The molecule has 4 rings (SSSR count). The molecule has 2 aromatic carbocycles. The first kappa shape index (κ1) is 17.8. The van der Waals surface area contributed by atoms with Crippen LogP contribution in [0.2, 0.25) is 0 Å². The summed E-state index contributed by atoms with van der Waals surface area (Å²) in [5.41, 5.74) is 1.83. The quantitative estimate of drug-likeness (QED) is 0.550. The van der Waals surface area contributed by atoms with Gasteiger partial charge in [-0.1, -0.05) is 18.6 Å². The van der Waals surface area contributed by atoms with E-state index < -0.39 is 4.92 Å². The van der Waals surface area contributed by atoms with Gasteiger partial charge >= 0.3 is 0 Å². The van der Waals surface area contributed by atoms with Gasteiger partial charge in [0, 0.05) is 41.9 Å². The van der Waals surface area contributed by atoms with E-state index >= 15 is 0 Å². The van der Waals surface area contributed by atoms with Crippen LogP contribution in [0.1, 0.15) is 35.4 Å². The number of rotatable bonds is 4. The summed E-state index contributed by atoms with van der Waals surface area (Å²) in [6.45, 7) is 0.900. The van der Waals surface area contributed by atoms with Gasteiger partial charge in [-0.15, -0.1) is 10.2 Å². The van der Waals surface area contributed by atoms with Gasteiger partial charge in [-0.3, -0.25) is 14.9 Å². The number of amides is 1. The van der Waals surface area contributed by atoms with Crippen LogP contribution in [0.3, 0.4) is 0 Å². The lowest BCUT2D eigenvalue weighted by molar-refractivity contribution is -0.384. The average Bonchev–Trinajstić information content (AvgIpc) is 2.96. The second kappa shape index (κ2) is 7.59. The lowest BCUT2D eigenvalue weighted by Crippen LogP contribution is -2.12. The normalized spacial score (nSPS) is 13.4. The highest BCUT2D eigenvalue weighted by Crippen LogP contribution is 2.25. The molecule has 8 nitrogen and oxygen atoms in total. The van der Waals surface area contributed by atoms with Crippen LogP contribution in [0.15, 0.2) is 48.5 Å². The minimum atomic E-state index is -0.493. The number of nitrogens with zero attached hydrogens (tertiary/aromatic N) is 4. The van der Waals surface area contributed by atoms with Crippen molar-refractivity contribution in [3.05, 3.63) is 70.0 Å². The topological polar surface area (TPSA) is 103 Å². The second-order valence-corrected chi connectivity index (χ2v) is 6.74. The maximum Gasteiger partial charge on any atom is 0.269 e. The van der Waals surface area contributed by atoms with Crippen molar-refractivity contribution in [2.75, 3.05) is 5.32 Å². The van der Waals surface area contributed by atoms with Gasteiger partial charge in [0.1, 0.15) is 5.82 Å². The van der Waals surface area contributed by atoms with E-state index in [1.807, 2.05) is 18.2 Å². The summed E-state index contributed by atoms with van der Waals surface area (Å²) >= 11 is 0. The van der Waals surface area contributed by atoms with Crippen LogP contribution in [-0.2, 0) is 13.0 Å². The summed E-state index contributed by atoms with van der Waals surface area (Å²) in [6.07, 6.45) is 4.36. The highest BCUT2D eigenvalue weighted by Gasteiger charge is 2.16. The van der Waals surface area contributed by atoms with Crippen LogP contribution in [0.4, 0.5) is 11.4 Å². The molecule has 1 N–H and O–H groups in total. The molecule has 8 heteroatoms. The first-order valence-electron chi connectivity index (χ1n) is 9.20. The molecule has 0 atom stereocenters. The monoisotopic (exact) mass is 377 g/mol. The molecule has 0 fully saturated rings. The Labute approximate surface area is 161 Å². The fourth-order valence-corrected chi connectivity index (χ4v) is 3.37. The van der Waals surface area contributed by atoms with Crippen molar-refractivity contribution in [1.82, 2.24) is 14.8 Å². The Balaban J connectivity index is 1.55. The molecular formula is C20H19N5O3. The fourth-order valence-electron chi connectivity index (χ4n) is 3.37. The lowest BCUT2D eigenvalue weighted by atomic mass is 10.1. The summed E-state index contributed by atoms with van der Waals surface area (Å²) < 4.78 is 2.16. The molecule has 28 heavy (non-hydrogen) atoms. The third-order valence-electron chi connectivity index (χ3n) is 4.83. The van der Waals surface area contributed by atoms with Crippen LogP contribution >= 0.6 is 0 Å². The highest BCUT2D eigenvalue weighted by atomic mass is 16.6. The van der Waals surface area contributed by atoms with Crippen LogP contribution < -0.4 is 5.32 Å². The molecule has 0 bridgehead atoms. The maximum atomic E-state index is 12.5. The fraction of sp³-hybridized carbons (Fsp3) is 0.250. The molecule has 1 aliphatic heterocycles. The summed E-state index contributed by atoms with van der Waals surface area (Å²) in [6, 6.07) is 13.0.